The van der Waals surface area contributed by atoms with Gasteiger partial charge in [0.15, 0.2) is 0 Å². The SMILES string of the molecule is C[C@@H]1NC(=O)[C@H]1N(CCCCCc1ccccc1)C(=O)O. The van der Waals surface area contributed by atoms with Crippen LogP contribution < -0.4 is 5.32 Å². The molecule has 2 N–H and O–H groups in total. The van der Waals surface area contributed by atoms with Crippen molar-refractivity contribution in [1.82, 2.24) is 10.2 Å². The number of nitrogens with zero attached hydrogens (tertiary/aromatic N) is 1. The van der Waals surface area contributed by atoms with Crippen LogP contribution in [0.2, 0.25) is 0 Å². The summed E-state index contributed by atoms with van der Waals surface area (Å²) < 4.78 is 0. The van der Waals surface area contributed by atoms with Crippen molar-refractivity contribution in [3.8, 4) is 0 Å². The van der Waals surface area contributed by atoms with Gasteiger partial charge in [-0.1, -0.05) is 36.8 Å². The van der Waals surface area contributed by atoms with E-state index in [0.29, 0.717) is 6.54 Å². The van der Waals surface area contributed by atoms with E-state index in [1.807, 2.05) is 25.1 Å². The lowest BCUT2D eigenvalue weighted by molar-refractivity contribution is -0.135. The highest BCUT2D eigenvalue weighted by atomic mass is 16.4. The van der Waals surface area contributed by atoms with Crippen LogP contribution in [0.15, 0.2) is 30.3 Å². The van der Waals surface area contributed by atoms with Gasteiger partial charge in [-0.3, -0.25) is 9.69 Å². The monoisotopic (exact) mass is 290 g/mol. The summed E-state index contributed by atoms with van der Waals surface area (Å²) in [6.07, 6.45) is 2.78. The van der Waals surface area contributed by atoms with Crippen molar-refractivity contribution in [2.45, 2.75) is 44.7 Å². The number of benzene rings is 1. The van der Waals surface area contributed by atoms with Crippen LogP contribution in [0.5, 0.6) is 0 Å². The maximum absolute atomic E-state index is 11.4. The number of carbonyl (C=O) groups is 2. The number of hydrogen-bond acceptors (Lipinski definition) is 2. The van der Waals surface area contributed by atoms with E-state index in [2.05, 4.69) is 17.4 Å². The molecule has 21 heavy (non-hydrogen) atoms. The highest BCUT2D eigenvalue weighted by molar-refractivity contribution is 5.91. The molecule has 1 fully saturated rings. The molecule has 0 unspecified atom stereocenters. The fourth-order valence-electron chi connectivity index (χ4n) is 2.72. The molecule has 2 amide bonds. The second-order valence-corrected chi connectivity index (χ2v) is 5.51. The molecule has 1 aromatic carbocycles. The molecule has 2 atom stereocenters. The molecule has 0 aliphatic carbocycles. The van der Waals surface area contributed by atoms with Crippen LogP contribution in [0, 0.1) is 0 Å². The molecule has 0 aromatic heterocycles. The summed E-state index contributed by atoms with van der Waals surface area (Å²) in [5.41, 5.74) is 1.31. The van der Waals surface area contributed by atoms with Crippen molar-refractivity contribution < 1.29 is 14.7 Å². The van der Waals surface area contributed by atoms with Gasteiger partial charge < -0.3 is 10.4 Å². The van der Waals surface area contributed by atoms with Crippen molar-refractivity contribution in [3.05, 3.63) is 35.9 Å². The van der Waals surface area contributed by atoms with Gasteiger partial charge in [-0.2, -0.15) is 0 Å². The van der Waals surface area contributed by atoms with Gasteiger partial charge in [-0.05, 0) is 31.7 Å². The second-order valence-electron chi connectivity index (χ2n) is 5.51. The number of unbranched alkanes of at least 4 members (excludes halogenated alkanes) is 2. The zero-order valence-electron chi connectivity index (χ0n) is 12.3. The third-order valence-corrected chi connectivity index (χ3v) is 3.90. The molecule has 1 aliphatic heterocycles. The quantitative estimate of drug-likeness (QED) is 0.598. The fraction of sp³-hybridized carbons (Fsp3) is 0.500. The standard InChI is InChI=1S/C16H22N2O3/c1-12-14(15(19)17-12)18(16(20)21)11-7-3-6-10-13-8-4-2-5-9-13/h2,4-5,8-9,12,14H,3,6-7,10-11H2,1H3,(H,17,19)(H,20,21)/t12-,14-/m0/s1. The molecule has 114 valence electrons. The minimum absolute atomic E-state index is 0.0853. The van der Waals surface area contributed by atoms with E-state index in [-0.39, 0.29) is 11.9 Å². The molecular weight excluding hydrogens is 268 g/mol. The predicted molar refractivity (Wildman–Crippen MR) is 80.1 cm³/mol. The molecule has 1 aliphatic rings. The van der Waals surface area contributed by atoms with Crippen LogP contribution in [0.1, 0.15) is 31.7 Å². The Balaban J connectivity index is 1.71. The Labute approximate surface area is 125 Å². The van der Waals surface area contributed by atoms with E-state index >= 15 is 0 Å². The number of carboxylic acid groups (broad SMARTS) is 1. The number of rotatable bonds is 7. The summed E-state index contributed by atoms with van der Waals surface area (Å²) in [5, 5.41) is 11.9. The van der Waals surface area contributed by atoms with Crippen LogP contribution >= 0.6 is 0 Å². The fourth-order valence-corrected chi connectivity index (χ4v) is 2.72. The molecule has 1 aromatic rings. The Bertz CT molecular complexity index is 490. The zero-order chi connectivity index (χ0) is 15.2. The highest BCUT2D eigenvalue weighted by Gasteiger charge is 2.42. The smallest absolute Gasteiger partial charge is 0.408 e. The van der Waals surface area contributed by atoms with Crippen LogP contribution in [0.25, 0.3) is 0 Å². The lowest BCUT2D eigenvalue weighted by Gasteiger charge is -2.40. The average molecular weight is 290 g/mol. The first-order chi connectivity index (χ1) is 10.1. The summed E-state index contributed by atoms with van der Waals surface area (Å²) in [4.78, 5) is 24.0. The van der Waals surface area contributed by atoms with Gasteiger partial charge >= 0.3 is 6.09 Å². The Hall–Kier alpha value is -2.04. The van der Waals surface area contributed by atoms with Gasteiger partial charge in [-0.15, -0.1) is 0 Å². The van der Waals surface area contributed by atoms with Crippen molar-refractivity contribution in [2.24, 2.45) is 0 Å². The van der Waals surface area contributed by atoms with Crippen molar-refractivity contribution >= 4 is 12.0 Å². The predicted octanol–water partition coefficient (Wildman–Crippen LogP) is 2.27. The van der Waals surface area contributed by atoms with Crippen molar-refractivity contribution in [3.63, 3.8) is 0 Å². The van der Waals surface area contributed by atoms with E-state index in [1.165, 1.54) is 10.5 Å². The summed E-state index contributed by atoms with van der Waals surface area (Å²) in [7, 11) is 0. The maximum atomic E-state index is 11.4. The molecular formula is C16H22N2O3. The molecule has 2 rings (SSSR count). The molecule has 1 saturated heterocycles. The summed E-state index contributed by atoms with van der Waals surface area (Å²) in [6, 6.07) is 9.65. The van der Waals surface area contributed by atoms with Gasteiger partial charge in [0.25, 0.3) is 0 Å². The molecule has 0 radical (unpaired) electrons. The molecule has 0 spiro atoms. The minimum atomic E-state index is -1.01. The van der Waals surface area contributed by atoms with E-state index in [9.17, 15) is 14.7 Å². The third-order valence-electron chi connectivity index (χ3n) is 3.90. The first-order valence-electron chi connectivity index (χ1n) is 7.43. The molecule has 5 nitrogen and oxygen atoms in total. The normalized spacial score (nSPS) is 20.5. The van der Waals surface area contributed by atoms with Crippen LogP contribution in [-0.4, -0.2) is 40.6 Å². The van der Waals surface area contributed by atoms with Gasteiger partial charge in [0, 0.05) is 6.54 Å². The number of aryl methyl sites for hydroxylation is 1. The first-order valence-corrected chi connectivity index (χ1v) is 7.43. The number of nitrogens with one attached hydrogen (secondary N) is 1. The number of carbonyl (C=O) groups excluding carboxylic acids is 1. The average Bonchev–Trinajstić information content (AvgIpc) is 2.46. The summed E-state index contributed by atoms with van der Waals surface area (Å²) in [5.74, 6) is -0.186. The van der Waals surface area contributed by atoms with Gasteiger partial charge in [0.1, 0.15) is 6.04 Å². The van der Waals surface area contributed by atoms with Crippen LogP contribution in [-0.2, 0) is 11.2 Å². The topological polar surface area (TPSA) is 69.6 Å². The molecule has 1 heterocycles. The Kier molecular flexibility index (Phi) is 5.20. The largest absolute Gasteiger partial charge is 0.465 e. The maximum Gasteiger partial charge on any atom is 0.408 e. The second kappa shape index (κ2) is 7.11. The third kappa shape index (κ3) is 3.97. The van der Waals surface area contributed by atoms with Gasteiger partial charge in [-0.25, -0.2) is 4.79 Å². The lowest BCUT2D eigenvalue weighted by Crippen LogP contribution is -2.68. The van der Waals surface area contributed by atoms with E-state index in [4.69, 9.17) is 0 Å². The molecule has 0 bridgehead atoms. The zero-order valence-corrected chi connectivity index (χ0v) is 12.3. The van der Waals surface area contributed by atoms with Crippen LogP contribution in [0.4, 0.5) is 4.79 Å². The summed E-state index contributed by atoms with van der Waals surface area (Å²) in [6.45, 7) is 2.25. The van der Waals surface area contributed by atoms with E-state index in [0.717, 1.165) is 25.7 Å². The Morgan fingerprint density at radius 2 is 1.95 bits per heavy atom. The first kappa shape index (κ1) is 15.4. The lowest BCUT2D eigenvalue weighted by atomic mass is 9.99. The molecule has 5 heteroatoms. The number of amides is 2. The van der Waals surface area contributed by atoms with Crippen LogP contribution in [0.3, 0.4) is 0 Å². The van der Waals surface area contributed by atoms with Crippen molar-refractivity contribution in [1.29, 1.82) is 0 Å². The number of β-lactam (4-membered cyclic amide) rings is 1. The summed E-state index contributed by atoms with van der Waals surface area (Å²) >= 11 is 0. The molecule has 0 saturated carbocycles. The van der Waals surface area contributed by atoms with E-state index < -0.39 is 12.1 Å². The Morgan fingerprint density at radius 1 is 1.24 bits per heavy atom. The number of hydrogen-bond donors (Lipinski definition) is 2. The highest BCUT2D eigenvalue weighted by Crippen LogP contribution is 2.16. The minimum Gasteiger partial charge on any atom is -0.465 e. The van der Waals surface area contributed by atoms with Gasteiger partial charge in [0.05, 0.1) is 6.04 Å². The van der Waals surface area contributed by atoms with Crippen molar-refractivity contribution in [2.75, 3.05) is 6.54 Å². The van der Waals surface area contributed by atoms with E-state index in [1.54, 1.807) is 0 Å². The Morgan fingerprint density at radius 3 is 2.52 bits per heavy atom. The van der Waals surface area contributed by atoms with Gasteiger partial charge in [0.2, 0.25) is 5.91 Å².